The summed E-state index contributed by atoms with van der Waals surface area (Å²) in [6, 6.07) is 10.8. The molecule has 4 rings (SSSR count). The van der Waals surface area contributed by atoms with Gasteiger partial charge in [0, 0.05) is 56.0 Å². The molecule has 1 aliphatic rings. The summed E-state index contributed by atoms with van der Waals surface area (Å²) in [5.41, 5.74) is 9.00. The second kappa shape index (κ2) is 10.8. The third-order valence-electron chi connectivity index (χ3n) is 7.60. The first-order chi connectivity index (χ1) is 16.8. The van der Waals surface area contributed by atoms with E-state index in [9.17, 15) is 4.79 Å². The summed E-state index contributed by atoms with van der Waals surface area (Å²) in [5, 5.41) is 4.77. The van der Waals surface area contributed by atoms with Gasteiger partial charge in [0.25, 0.3) is 5.91 Å². The Bertz CT molecular complexity index is 1180. The Labute approximate surface area is 209 Å². The number of hydrogen-bond donors (Lipinski definition) is 2. The van der Waals surface area contributed by atoms with Crippen LogP contribution >= 0.6 is 0 Å². The largest absolute Gasteiger partial charge is 0.383 e. The van der Waals surface area contributed by atoms with E-state index in [0.717, 1.165) is 66.9 Å². The van der Waals surface area contributed by atoms with Gasteiger partial charge in [-0.15, -0.1) is 0 Å². The zero-order valence-electron chi connectivity index (χ0n) is 22.1. The van der Waals surface area contributed by atoms with Crippen molar-refractivity contribution in [2.45, 2.75) is 53.1 Å². The van der Waals surface area contributed by atoms with Crippen molar-refractivity contribution in [3.05, 3.63) is 63.8 Å². The Hall–Kier alpha value is -2.83. The molecule has 0 aliphatic carbocycles. The van der Waals surface area contributed by atoms with Gasteiger partial charge in [0.05, 0.1) is 17.8 Å². The number of methoxy groups -OCH3 is 1. The summed E-state index contributed by atoms with van der Waals surface area (Å²) in [7, 11) is 3.83. The highest BCUT2D eigenvalue weighted by atomic mass is 16.5. The average Bonchev–Trinajstić information content (AvgIpc) is 3.41. The van der Waals surface area contributed by atoms with E-state index in [4.69, 9.17) is 4.74 Å². The number of aromatic amines is 1. The fraction of sp³-hybridized carbons (Fsp3) is 0.483. The number of nitrogens with one attached hydrogen (secondary N) is 2. The number of nitrogens with zero attached hydrogens (tertiary/aromatic N) is 2. The number of hydrogen-bond acceptors (Lipinski definition) is 4. The Morgan fingerprint density at radius 1 is 1.20 bits per heavy atom. The van der Waals surface area contributed by atoms with Crippen LogP contribution in [-0.2, 0) is 11.3 Å². The van der Waals surface area contributed by atoms with Crippen molar-refractivity contribution < 1.29 is 9.53 Å². The molecule has 0 unspecified atom stereocenters. The number of anilines is 1. The third kappa shape index (κ3) is 5.39. The molecule has 3 aromatic rings. The smallest absolute Gasteiger partial charge is 0.254 e. The summed E-state index contributed by atoms with van der Waals surface area (Å²) >= 11 is 0. The summed E-state index contributed by atoms with van der Waals surface area (Å²) in [4.78, 5) is 21.7. The predicted octanol–water partition coefficient (Wildman–Crippen LogP) is 5.20. The van der Waals surface area contributed by atoms with Crippen LogP contribution in [0.15, 0.2) is 30.3 Å². The zero-order valence-corrected chi connectivity index (χ0v) is 22.1. The molecule has 0 saturated carbocycles. The van der Waals surface area contributed by atoms with E-state index in [0.29, 0.717) is 6.61 Å². The maximum absolute atomic E-state index is 13.8. The molecule has 1 amide bonds. The molecule has 0 bridgehead atoms. The second-order valence-corrected chi connectivity index (χ2v) is 10.1. The zero-order chi connectivity index (χ0) is 25.1. The van der Waals surface area contributed by atoms with E-state index < -0.39 is 0 Å². The molecule has 2 aromatic carbocycles. The first kappa shape index (κ1) is 25.3. The number of carbonyl (C=O) groups excluding carboxylic acids is 1. The topological polar surface area (TPSA) is 60.6 Å². The Kier molecular flexibility index (Phi) is 7.82. The molecule has 1 aromatic heterocycles. The van der Waals surface area contributed by atoms with E-state index in [1.807, 2.05) is 6.07 Å². The fourth-order valence-electron chi connectivity index (χ4n) is 5.29. The highest BCUT2D eigenvalue weighted by Gasteiger charge is 2.30. The van der Waals surface area contributed by atoms with Crippen LogP contribution in [0.2, 0.25) is 0 Å². The highest BCUT2D eigenvalue weighted by molar-refractivity contribution is 6.04. The average molecular weight is 477 g/mol. The number of likely N-dealkylation sites (tertiary alicyclic amines) is 1. The number of benzene rings is 2. The number of fused-ring (bicyclic) bond motifs is 1. The molecule has 1 fully saturated rings. The van der Waals surface area contributed by atoms with Gasteiger partial charge in [0.15, 0.2) is 0 Å². The quantitative estimate of drug-likeness (QED) is 0.446. The maximum Gasteiger partial charge on any atom is 0.254 e. The van der Waals surface area contributed by atoms with Crippen LogP contribution < -0.4 is 5.32 Å². The molecule has 0 spiro atoms. The van der Waals surface area contributed by atoms with Crippen LogP contribution in [0.25, 0.3) is 10.9 Å². The van der Waals surface area contributed by atoms with Crippen molar-refractivity contribution in [2.24, 2.45) is 0 Å². The first-order valence-corrected chi connectivity index (χ1v) is 12.7. The molecule has 2 N–H and O–H groups in total. The molecule has 2 heterocycles. The van der Waals surface area contributed by atoms with Crippen LogP contribution in [0.4, 0.5) is 5.69 Å². The Balaban J connectivity index is 1.62. The Morgan fingerprint density at radius 3 is 2.66 bits per heavy atom. The number of rotatable bonds is 9. The van der Waals surface area contributed by atoms with Gasteiger partial charge in [-0.3, -0.25) is 4.79 Å². The molecule has 188 valence electrons. The van der Waals surface area contributed by atoms with Crippen molar-refractivity contribution >= 4 is 22.5 Å². The number of amides is 1. The minimum atomic E-state index is 0.128. The summed E-state index contributed by atoms with van der Waals surface area (Å²) in [5.74, 6) is 0.128. The highest BCUT2D eigenvalue weighted by Crippen LogP contribution is 2.32. The molecule has 6 nitrogen and oxygen atoms in total. The molecule has 1 aliphatic heterocycles. The number of aromatic nitrogens is 1. The molecule has 6 heteroatoms. The van der Waals surface area contributed by atoms with E-state index in [1.54, 1.807) is 7.11 Å². The minimum Gasteiger partial charge on any atom is -0.383 e. The van der Waals surface area contributed by atoms with Gasteiger partial charge in [0.1, 0.15) is 0 Å². The lowest BCUT2D eigenvalue weighted by molar-refractivity contribution is 0.0698. The van der Waals surface area contributed by atoms with Crippen LogP contribution in [0, 0.1) is 27.7 Å². The van der Waals surface area contributed by atoms with Gasteiger partial charge in [-0.1, -0.05) is 18.2 Å². The number of H-pyrrole nitrogens is 1. The standard InChI is InChI=1S/C29H40N4O2/c1-19-9-7-10-20(2)26(19)17-30-27-16-23(15-25-21(3)22(4)31-28(25)27)29(34)33-12-8-11-24(33)18-32(5)13-14-35-6/h7,9-10,15-16,24,30-31H,8,11-14,17-18H2,1-6H3/t24-/m0/s1. The molecule has 0 radical (unpaired) electrons. The number of carbonyl (C=O) groups is 1. The van der Waals surface area contributed by atoms with Gasteiger partial charge < -0.3 is 24.8 Å². The monoisotopic (exact) mass is 476 g/mol. The molecule has 35 heavy (non-hydrogen) atoms. The van der Waals surface area contributed by atoms with E-state index >= 15 is 0 Å². The van der Waals surface area contributed by atoms with Gasteiger partial charge >= 0.3 is 0 Å². The first-order valence-electron chi connectivity index (χ1n) is 12.7. The molecular formula is C29H40N4O2. The van der Waals surface area contributed by atoms with Crippen molar-refractivity contribution in [1.29, 1.82) is 0 Å². The second-order valence-electron chi connectivity index (χ2n) is 10.1. The van der Waals surface area contributed by atoms with E-state index in [2.05, 4.69) is 79.1 Å². The van der Waals surface area contributed by atoms with Crippen molar-refractivity contribution in [2.75, 3.05) is 45.7 Å². The van der Waals surface area contributed by atoms with Crippen LogP contribution in [0.5, 0.6) is 0 Å². The number of likely N-dealkylation sites (N-methyl/N-ethyl adjacent to an activating group) is 1. The van der Waals surface area contributed by atoms with Crippen LogP contribution in [0.1, 0.15) is 51.1 Å². The number of ether oxygens (including phenoxy) is 1. The predicted molar refractivity (Wildman–Crippen MR) is 144 cm³/mol. The summed E-state index contributed by atoms with van der Waals surface area (Å²) < 4.78 is 5.23. The normalized spacial score (nSPS) is 16.0. The summed E-state index contributed by atoms with van der Waals surface area (Å²) in [6.45, 7) is 12.5. The lowest BCUT2D eigenvalue weighted by Gasteiger charge is -2.29. The van der Waals surface area contributed by atoms with Gasteiger partial charge in [-0.05, 0) is 82.0 Å². The Morgan fingerprint density at radius 2 is 1.94 bits per heavy atom. The summed E-state index contributed by atoms with van der Waals surface area (Å²) in [6.07, 6.45) is 2.10. The van der Waals surface area contributed by atoms with E-state index in [1.165, 1.54) is 22.3 Å². The SMILES string of the molecule is COCCN(C)C[C@@H]1CCCN1C(=O)c1cc(NCc2c(C)cccc2C)c2[nH]c(C)c(C)c2c1. The lowest BCUT2D eigenvalue weighted by Crippen LogP contribution is -2.42. The van der Waals surface area contributed by atoms with Crippen LogP contribution in [-0.4, -0.2) is 67.1 Å². The maximum atomic E-state index is 13.8. The molecule has 1 saturated heterocycles. The minimum absolute atomic E-state index is 0.128. The third-order valence-corrected chi connectivity index (χ3v) is 7.60. The van der Waals surface area contributed by atoms with Gasteiger partial charge in [0.2, 0.25) is 0 Å². The molecular weight excluding hydrogens is 436 g/mol. The number of aryl methyl sites for hydroxylation is 4. The van der Waals surface area contributed by atoms with Crippen molar-refractivity contribution in [3.8, 4) is 0 Å². The molecule has 1 atom stereocenters. The fourth-order valence-corrected chi connectivity index (χ4v) is 5.29. The van der Waals surface area contributed by atoms with Gasteiger partial charge in [-0.2, -0.15) is 0 Å². The van der Waals surface area contributed by atoms with E-state index in [-0.39, 0.29) is 11.9 Å². The van der Waals surface area contributed by atoms with Crippen molar-refractivity contribution in [1.82, 2.24) is 14.8 Å². The van der Waals surface area contributed by atoms with Crippen molar-refractivity contribution in [3.63, 3.8) is 0 Å². The van der Waals surface area contributed by atoms with Crippen LogP contribution in [0.3, 0.4) is 0 Å². The lowest BCUT2D eigenvalue weighted by atomic mass is 10.0. The van der Waals surface area contributed by atoms with Gasteiger partial charge in [-0.25, -0.2) is 0 Å².